The maximum atomic E-state index is 9.53. The number of methoxy groups -OCH3 is 2. The van der Waals surface area contributed by atoms with Gasteiger partial charge in [0.1, 0.15) is 6.10 Å². The standard InChI is InChI=1S/C12H15N3O4/c1-17-9-5-7(3-4-8(9)16)11-14-12(19-15-11)10(6-13)18-2/h3-5,10,16H,6,13H2,1-2H3. The molecule has 1 heterocycles. The number of hydrogen-bond acceptors (Lipinski definition) is 7. The van der Waals surface area contributed by atoms with Crippen molar-refractivity contribution in [3.05, 3.63) is 24.1 Å². The van der Waals surface area contributed by atoms with E-state index in [1.165, 1.54) is 20.3 Å². The van der Waals surface area contributed by atoms with Gasteiger partial charge in [0.15, 0.2) is 11.5 Å². The van der Waals surface area contributed by atoms with Gasteiger partial charge in [0.2, 0.25) is 5.82 Å². The van der Waals surface area contributed by atoms with Crippen molar-refractivity contribution in [2.75, 3.05) is 20.8 Å². The van der Waals surface area contributed by atoms with Crippen molar-refractivity contribution in [2.45, 2.75) is 6.10 Å². The fourth-order valence-corrected chi connectivity index (χ4v) is 1.60. The third kappa shape index (κ3) is 2.67. The van der Waals surface area contributed by atoms with Crippen LogP contribution in [0.3, 0.4) is 0 Å². The molecule has 0 aliphatic heterocycles. The average Bonchev–Trinajstić information content (AvgIpc) is 2.90. The first-order valence-electron chi connectivity index (χ1n) is 5.63. The molecule has 0 radical (unpaired) electrons. The Labute approximate surface area is 109 Å². The van der Waals surface area contributed by atoms with E-state index in [0.717, 1.165) is 0 Å². The van der Waals surface area contributed by atoms with Crippen LogP contribution in [0, 0.1) is 0 Å². The highest BCUT2D eigenvalue weighted by Gasteiger charge is 2.18. The smallest absolute Gasteiger partial charge is 0.257 e. The minimum absolute atomic E-state index is 0.0479. The molecule has 0 bridgehead atoms. The molecular weight excluding hydrogens is 250 g/mol. The normalized spacial score (nSPS) is 12.4. The van der Waals surface area contributed by atoms with Crippen LogP contribution in [-0.2, 0) is 4.74 Å². The zero-order valence-electron chi connectivity index (χ0n) is 10.7. The number of benzene rings is 1. The Balaban J connectivity index is 2.32. The van der Waals surface area contributed by atoms with E-state index < -0.39 is 6.10 Å². The lowest BCUT2D eigenvalue weighted by molar-refractivity contribution is 0.0804. The maximum absolute atomic E-state index is 9.53. The molecule has 3 N–H and O–H groups in total. The first-order chi connectivity index (χ1) is 9.19. The van der Waals surface area contributed by atoms with Gasteiger partial charge in [-0.3, -0.25) is 0 Å². The summed E-state index contributed by atoms with van der Waals surface area (Å²) < 4.78 is 15.2. The minimum Gasteiger partial charge on any atom is -0.504 e. The molecular formula is C12H15N3O4. The molecule has 1 aromatic heterocycles. The molecule has 0 fully saturated rings. The monoisotopic (exact) mass is 265 g/mol. The number of nitrogens with zero attached hydrogens (tertiary/aromatic N) is 2. The molecule has 7 nitrogen and oxygen atoms in total. The summed E-state index contributed by atoms with van der Waals surface area (Å²) in [6.45, 7) is 0.247. The van der Waals surface area contributed by atoms with Gasteiger partial charge in [-0.05, 0) is 18.2 Å². The van der Waals surface area contributed by atoms with Gasteiger partial charge in [0, 0.05) is 19.2 Å². The summed E-state index contributed by atoms with van der Waals surface area (Å²) in [4.78, 5) is 4.21. The van der Waals surface area contributed by atoms with Crippen molar-refractivity contribution in [2.24, 2.45) is 5.73 Å². The number of ether oxygens (including phenoxy) is 2. The Morgan fingerprint density at radius 3 is 2.84 bits per heavy atom. The van der Waals surface area contributed by atoms with Crippen LogP contribution >= 0.6 is 0 Å². The van der Waals surface area contributed by atoms with Crippen molar-refractivity contribution in [3.8, 4) is 22.9 Å². The fourth-order valence-electron chi connectivity index (χ4n) is 1.60. The number of rotatable bonds is 5. The van der Waals surface area contributed by atoms with Gasteiger partial charge in [-0.1, -0.05) is 5.16 Å². The van der Waals surface area contributed by atoms with Crippen LogP contribution in [0.15, 0.2) is 22.7 Å². The highest BCUT2D eigenvalue weighted by molar-refractivity contribution is 5.60. The molecule has 19 heavy (non-hydrogen) atoms. The molecule has 0 saturated carbocycles. The molecule has 0 saturated heterocycles. The zero-order chi connectivity index (χ0) is 13.8. The Morgan fingerprint density at radius 2 is 2.21 bits per heavy atom. The van der Waals surface area contributed by atoms with E-state index in [1.807, 2.05) is 0 Å². The van der Waals surface area contributed by atoms with Crippen molar-refractivity contribution in [3.63, 3.8) is 0 Å². The van der Waals surface area contributed by atoms with Crippen molar-refractivity contribution < 1.29 is 19.1 Å². The highest BCUT2D eigenvalue weighted by Crippen LogP contribution is 2.30. The summed E-state index contributed by atoms with van der Waals surface area (Å²) in [7, 11) is 2.99. The van der Waals surface area contributed by atoms with Gasteiger partial charge in [-0.2, -0.15) is 4.98 Å². The van der Waals surface area contributed by atoms with Crippen LogP contribution in [0.1, 0.15) is 12.0 Å². The predicted octanol–water partition coefficient (Wildman–Crippen LogP) is 1.10. The lowest BCUT2D eigenvalue weighted by Gasteiger charge is -2.06. The van der Waals surface area contributed by atoms with Gasteiger partial charge in [-0.15, -0.1) is 0 Å². The Kier molecular flexibility index (Phi) is 3.98. The quantitative estimate of drug-likeness (QED) is 0.834. The summed E-state index contributed by atoms with van der Waals surface area (Å²) in [5, 5.41) is 13.4. The first kappa shape index (κ1) is 13.3. The van der Waals surface area contributed by atoms with E-state index in [2.05, 4.69) is 10.1 Å². The summed E-state index contributed by atoms with van der Waals surface area (Å²) in [5.74, 6) is 1.08. The molecule has 0 aliphatic carbocycles. The van der Waals surface area contributed by atoms with Crippen molar-refractivity contribution >= 4 is 0 Å². The van der Waals surface area contributed by atoms with Gasteiger partial charge in [0.25, 0.3) is 5.89 Å². The molecule has 7 heteroatoms. The second-order valence-electron chi connectivity index (χ2n) is 3.80. The molecule has 102 valence electrons. The topological polar surface area (TPSA) is 104 Å². The van der Waals surface area contributed by atoms with Crippen LogP contribution in [0.25, 0.3) is 11.4 Å². The average molecular weight is 265 g/mol. The maximum Gasteiger partial charge on any atom is 0.257 e. The predicted molar refractivity (Wildman–Crippen MR) is 66.8 cm³/mol. The molecule has 1 unspecified atom stereocenters. The van der Waals surface area contributed by atoms with Crippen LogP contribution in [-0.4, -0.2) is 36.0 Å². The van der Waals surface area contributed by atoms with E-state index >= 15 is 0 Å². The summed E-state index contributed by atoms with van der Waals surface area (Å²) in [5.41, 5.74) is 6.19. The number of phenolic OH excluding ortho intramolecular Hbond substituents is 1. The molecule has 2 rings (SSSR count). The molecule has 1 atom stereocenters. The Morgan fingerprint density at radius 1 is 1.42 bits per heavy atom. The van der Waals surface area contributed by atoms with Crippen molar-refractivity contribution in [1.29, 1.82) is 0 Å². The van der Waals surface area contributed by atoms with Gasteiger partial charge >= 0.3 is 0 Å². The zero-order valence-corrected chi connectivity index (χ0v) is 10.7. The minimum atomic E-state index is -0.430. The van der Waals surface area contributed by atoms with E-state index in [1.54, 1.807) is 12.1 Å². The fraction of sp³-hybridized carbons (Fsp3) is 0.333. The Bertz CT molecular complexity index is 552. The molecule has 0 amide bonds. The molecule has 0 aliphatic rings. The van der Waals surface area contributed by atoms with Crippen molar-refractivity contribution in [1.82, 2.24) is 10.1 Å². The Hall–Kier alpha value is -2.12. The highest BCUT2D eigenvalue weighted by atomic mass is 16.5. The number of phenols is 1. The summed E-state index contributed by atoms with van der Waals surface area (Å²) in [6.07, 6.45) is -0.430. The van der Waals surface area contributed by atoms with Gasteiger partial charge in [-0.25, -0.2) is 0 Å². The number of aromatic hydroxyl groups is 1. The lowest BCUT2D eigenvalue weighted by atomic mass is 10.2. The van der Waals surface area contributed by atoms with E-state index in [-0.39, 0.29) is 12.3 Å². The summed E-state index contributed by atoms with van der Waals surface area (Å²) in [6, 6.07) is 4.78. The van der Waals surface area contributed by atoms with Crippen LogP contribution in [0.5, 0.6) is 11.5 Å². The molecule has 0 spiro atoms. The molecule has 1 aromatic carbocycles. The largest absolute Gasteiger partial charge is 0.504 e. The third-order valence-electron chi connectivity index (χ3n) is 2.65. The van der Waals surface area contributed by atoms with E-state index in [9.17, 15) is 5.11 Å². The first-order valence-corrected chi connectivity index (χ1v) is 5.63. The van der Waals surface area contributed by atoms with E-state index in [0.29, 0.717) is 23.0 Å². The number of nitrogens with two attached hydrogens (primary N) is 1. The summed E-state index contributed by atoms with van der Waals surface area (Å²) >= 11 is 0. The van der Waals surface area contributed by atoms with Gasteiger partial charge < -0.3 is 24.8 Å². The van der Waals surface area contributed by atoms with Crippen LogP contribution in [0.2, 0.25) is 0 Å². The van der Waals surface area contributed by atoms with E-state index in [4.69, 9.17) is 19.7 Å². The number of aromatic nitrogens is 2. The second kappa shape index (κ2) is 5.68. The SMILES string of the molecule is COc1cc(-c2noc(C(CN)OC)n2)ccc1O. The number of hydrogen-bond donors (Lipinski definition) is 2. The van der Waals surface area contributed by atoms with Crippen LogP contribution < -0.4 is 10.5 Å². The third-order valence-corrected chi connectivity index (χ3v) is 2.65. The molecule has 2 aromatic rings. The second-order valence-corrected chi connectivity index (χ2v) is 3.80. The lowest BCUT2D eigenvalue weighted by Crippen LogP contribution is -2.14. The van der Waals surface area contributed by atoms with Crippen LogP contribution in [0.4, 0.5) is 0 Å². The van der Waals surface area contributed by atoms with Gasteiger partial charge in [0.05, 0.1) is 7.11 Å².